The fourth-order valence-corrected chi connectivity index (χ4v) is 3.63. The molecule has 0 amide bonds. The number of hydrogen-bond acceptors (Lipinski definition) is 3. The number of carbonyl (C=O) groups excluding carboxylic acids is 1. The van der Waals surface area contributed by atoms with Gasteiger partial charge in [0.25, 0.3) is 0 Å². The number of hydrogen-bond donors (Lipinski definition) is 0. The minimum atomic E-state index is -0.327. The fourth-order valence-electron chi connectivity index (χ4n) is 3.63. The lowest BCUT2D eigenvalue weighted by atomic mass is 10.1. The fraction of sp³-hybridized carbons (Fsp3) is 0.200. The third-order valence-electron chi connectivity index (χ3n) is 5.43. The van der Waals surface area contributed by atoms with E-state index in [4.69, 9.17) is 9.47 Å². The SMILES string of the molecule is COC(=O)c1ccc(Cn2c(C)c(C)[n+]3cccc(OCc4ccccc4)c23)cc1. The van der Waals surface area contributed by atoms with Crippen LogP contribution in [0, 0.1) is 13.8 Å². The lowest BCUT2D eigenvalue weighted by Crippen LogP contribution is -2.23. The molecule has 0 radical (unpaired) electrons. The van der Waals surface area contributed by atoms with Gasteiger partial charge in [-0.15, -0.1) is 0 Å². The summed E-state index contributed by atoms with van der Waals surface area (Å²) in [5, 5.41) is 0. The molecule has 0 aliphatic heterocycles. The smallest absolute Gasteiger partial charge is 0.337 e. The predicted molar refractivity (Wildman–Crippen MR) is 115 cm³/mol. The number of aryl methyl sites for hydroxylation is 1. The number of nitrogens with zero attached hydrogens (tertiary/aromatic N) is 2. The maximum Gasteiger partial charge on any atom is 0.337 e. The average molecular weight is 401 g/mol. The van der Waals surface area contributed by atoms with Crippen molar-refractivity contribution in [2.24, 2.45) is 0 Å². The quantitative estimate of drug-likeness (QED) is 0.358. The maximum absolute atomic E-state index is 11.7. The first-order valence-corrected chi connectivity index (χ1v) is 9.92. The van der Waals surface area contributed by atoms with Crippen LogP contribution in [-0.4, -0.2) is 17.6 Å². The number of carbonyl (C=O) groups is 1. The van der Waals surface area contributed by atoms with Gasteiger partial charge < -0.3 is 9.47 Å². The number of imidazole rings is 1. The Balaban J connectivity index is 1.68. The van der Waals surface area contributed by atoms with Gasteiger partial charge in [0.1, 0.15) is 24.5 Å². The lowest BCUT2D eigenvalue weighted by Gasteiger charge is -2.08. The molecule has 0 unspecified atom stereocenters. The third kappa shape index (κ3) is 3.79. The zero-order chi connectivity index (χ0) is 21.1. The van der Waals surface area contributed by atoms with E-state index in [1.807, 2.05) is 42.5 Å². The lowest BCUT2D eigenvalue weighted by molar-refractivity contribution is -0.519. The molecule has 2 heterocycles. The number of rotatable bonds is 6. The van der Waals surface area contributed by atoms with Crippen LogP contribution >= 0.6 is 0 Å². The summed E-state index contributed by atoms with van der Waals surface area (Å²) in [4.78, 5) is 11.7. The van der Waals surface area contributed by atoms with Gasteiger partial charge in [-0.2, -0.15) is 4.40 Å². The summed E-state index contributed by atoms with van der Waals surface area (Å²) in [5.41, 5.74) is 6.13. The highest BCUT2D eigenvalue weighted by Crippen LogP contribution is 2.23. The van der Waals surface area contributed by atoms with Gasteiger partial charge in [0.05, 0.1) is 18.9 Å². The van der Waals surface area contributed by atoms with Crippen molar-refractivity contribution in [1.82, 2.24) is 4.57 Å². The van der Waals surface area contributed by atoms with Crippen molar-refractivity contribution in [2.75, 3.05) is 7.11 Å². The van der Waals surface area contributed by atoms with Gasteiger partial charge in [-0.25, -0.2) is 9.36 Å². The van der Waals surface area contributed by atoms with Crippen LogP contribution in [-0.2, 0) is 17.9 Å². The molecular weight excluding hydrogens is 376 g/mol. The van der Waals surface area contributed by atoms with Gasteiger partial charge in [0.15, 0.2) is 0 Å². The van der Waals surface area contributed by atoms with E-state index >= 15 is 0 Å². The first-order chi connectivity index (χ1) is 14.6. The van der Waals surface area contributed by atoms with E-state index in [0.29, 0.717) is 18.7 Å². The topological polar surface area (TPSA) is 44.6 Å². The van der Waals surface area contributed by atoms with Crippen molar-refractivity contribution in [3.63, 3.8) is 0 Å². The summed E-state index contributed by atoms with van der Waals surface area (Å²) < 4.78 is 15.4. The van der Waals surface area contributed by atoms with E-state index < -0.39 is 0 Å². The molecule has 0 fully saturated rings. The second-order valence-electron chi connectivity index (χ2n) is 7.29. The Morgan fingerprint density at radius 2 is 1.67 bits per heavy atom. The summed E-state index contributed by atoms with van der Waals surface area (Å²) in [5.74, 6) is 0.510. The molecule has 0 saturated heterocycles. The van der Waals surface area contributed by atoms with Crippen LogP contribution < -0.4 is 9.14 Å². The first-order valence-electron chi connectivity index (χ1n) is 9.92. The number of fused-ring (bicyclic) bond motifs is 1. The van der Waals surface area contributed by atoms with Crippen molar-refractivity contribution >= 4 is 11.6 Å². The van der Waals surface area contributed by atoms with E-state index in [1.165, 1.54) is 18.5 Å². The first kappa shape index (κ1) is 19.7. The largest absolute Gasteiger partial charge is 0.481 e. The summed E-state index contributed by atoms with van der Waals surface area (Å²) in [6.07, 6.45) is 2.06. The van der Waals surface area contributed by atoms with Crippen molar-refractivity contribution < 1.29 is 18.7 Å². The van der Waals surface area contributed by atoms with E-state index in [2.05, 4.69) is 41.1 Å². The number of ether oxygens (including phenoxy) is 2. The van der Waals surface area contributed by atoms with Gasteiger partial charge in [0.2, 0.25) is 5.75 Å². The predicted octanol–water partition coefficient (Wildman–Crippen LogP) is 4.26. The van der Waals surface area contributed by atoms with Crippen LogP contribution in [0.2, 0.25) is 0 Å². The number of pyridine rings is 1. The van der Waals surface area contributed by atoms with E-state index in [-0.39, 0.29) is 5.97 Å². The van der Waals surface area contributed by atoms with Crippen LogP contribution in [0.1, 0.15) is 32.9 Å². The second-order valence-corrected chi connectivity index (χ2v) is 7.29. The summed E-state index contributed by atoms with van der Waals surface area (Å²) in [7, 11) is 1.39. The number of esters is 1. The Morgan fingerprint density at radius 1 is 0.933 bits per heavy atom. The van der Waals surface area contributed by atoms with E-state index in [9.17, 15) is 4.79 Å². The molecule has 2 aromatic carbocycles. The zero-order valence-electron chi connectivity index (χ0n) is 17.5. The van der Waals surface area contributed by atoms with Gasteiger partial charge in [0, 0.05) is 13.8 Å². The molecule has 2 aromatic heterocycles. The van der Waals surface area contributed by atoms with E-state index in [1.54, 1.807) is 12.1 Å². The minimum Gasteiger partial charge on any atom is -0.481 e. The zero-order valence-corrected chi connectivity index (χ0v) is 17.5. The molecule has 4 rings (SSSR count). The Hall–Kier alpha value is -3.60. The van der Waals surface area contributed by atoms with Crippen molar-refractivity contribution in [2.45, 2.75) is 27.0 Å². The van der Waals surface area contributed by atoms with Crippen molar-refractivity contribution in [3.8, 4) is 5.75 Å². The molecule has 5 heteroatoms. The second kappa shape index (κ2) is 8.41. The number of aromatic nitrogens is 2. The Morgan fingerprint density at radius 3 is 2.37 bits per heavy atom. The Kier molecular flexibility index (Phi) is 5.53. The third-order valence-corrected chi connectivity index (χ3v) is 5.43. The number of benzene rings is 2. The molecule has 30 heavy (non-hydrogen) atoms. The molecule has 0 aliphatic rings. The van der Waals surface area contributed by atoms with Gasteiger partial charge in [-0.3, -0.25) is 0 Å². The van der Waals surface area contributed by atoms with Crippen LogP contribution in [0.25, 0.3) is 5.65 Å². The van der Waals surface area contributed by atoms with Gasteiger partial charge in [-0.1, -0.05) is 42.5 Å². The highest BCUT2D eigenvalue weighted by atomic mass is 16.5. The molecule has 5 nitrogen and oxygen atoms in total. The summed E-state index contributed by atoms with van der Waals surface area (Å²) in [6.45, 7) is 5.42. The Labute approximate surface area is 176 Å². The van der Waals surface area contributed by atoms with Crippen molar-refractivity contribution in [1.29, 1.82) is 0 Å². The van der Waals surface area contributed by atoms with Crippen LogP contribution in [0.3, 0.4) is 0 Å². The maximum atomic E-state index is 11.7. The molecule has 0 aliphatic carbocycles. The monoisotopic (exact) mass is 401 g/mol. The normalized spacial score (nSPS) is 10.9. The standard InChI is InChI=1S/C25H25N2O3/c1-18-19(2)27(16-20-11-13-22(14-12-20)25(28)29-3)24-23(10-7-15-26(18)24)30-17-21-8-5-4-6-9-21/h4-15H,16-17H2,1-3H3/q+1. The minimum absolute atomic E-state index is 0.327. The summed E-state index contributed by atoms with van der Waals surface area (Å²) in [6, 6.07) is 21.7. The molecular formula is C25H25N2O3+. The molecule has 0 atom stereocenters. The van der Waals surface area contributed by atoms with Gasteiger partial charge >= 0.3 is 11.6 Å². The van der Waals surface area contributed by atoms with Crippen molar-refractivity contribution in [3.05, 3.63) is 101 Å². The van der Waals surface area contributed by atoms with Crippen LogP contribution in [0.4, 0.5) is 0 Å². The molecule has 0 saturated carbocycles. The molecule has 152 valence electrons. The van der Waals surface area contributed by atoms with E-state index in [0.717, 1.165) is 22.5 Å². The highest BCUT2D eigenvalue weighted by molar-refractivity contribution is 5.89. The molecule has 0 spiro atoms. The average Bonchev–Trinajstić information content (AvgIpc) is 3.03. The molecule has 0 bridgehead atoms. The molecule has 4 aromatic rings. The van der Waals surface area contributed by atoms with Gasteiger partial charge in [-0.05, 0) is 35.4 Å². The highest BCUT2D eigenvalue weighted by Gasteiger charge is 2.24. The number of methoxy groups -OCH3 is 1. The Bertz CT molecular complexity index is 1180. The van der Waals surface area contributed by atoms with Crippen LogP contribution in [0.15, 0.2) is 72.9 Å². The summed E-state index contributed by atoms with van der Waals surface area (Å²) >= 11 is 0. The molecule has 0 N–H and O–H groups in total. The van der Waals surface area contributed by atoms with Crippen LogP contribution in [0.5, 0.6) is 5.75 Å².